The highest BCUT2D eigenvalue weighted by Gasteiger charge is 2.26. The lowest BCUT2D eigenvalue weighted by atomic mass is 10.1. The molecule has 0 aliphatic rings. The summed E-state index contributed by atoms with van der Waals surface area (Å²) in [7, 11) is 0. The molecule has 10 nitrogen and oxygen atoms in total. The quantitative estimate of drug-likeness (QED) is 0.115. The number of ether oxygens (including phenoxy) is 5. The molecule has 0 radical (unpaired) electrons. The van der Waals surface area contributed by atoms with E-state index in [0.717, 1.165) is 32.1 Å². The minimum absolute atomic E-state index is 0.0719. The van der Waals surface area contributed by atoms with Gasteiger partial charge in [-0.1, -0.05) is 58.9 Å². The molecule has 1 aromatic rings. The van der Waals surface area contributed by atoms with E-state index in [1.807, 2.05) is 20.8 Å². The van der Waals surface area contributed by atoms with Gasteiger partial charge in [0.1, 0.15) is 24.4 Å². The van der Waals surface area contributed by atoms with E-state index in [9.17, 15) is 19.2 Å². The molecule has 0 aliphatic carbocycles. The van der Waals surface area contributed by atoms with Gasteiger partial charge in [-0.25, -0.2) is 4.79 Å². The van der Waals surface area contributed by atoms with Crippen molar-refractivity contribution in [2.24, 2.45) is 5.73 Å². The van der Waals surface area contributed by atoms with Crippen LogP contribution in [-0.2, 0) is 35.0 Å². The molecular weight excluding hydrogens is 530 g/mol. The molecule has 2 N–H and O–H groups in total. The van der Waals surface area contributed by atoms with Crippen LogP contribution in [0.2, 0.25) is 0 Å². The molecule has 0 saturated carbocycles. The SMILES string of the molecule is CCCCCC(=O)Oc1ccc(C[C@H](N)C(=O)O[C@@H](C)[C@H](C)OC(=O)OC(C)CCC)cc1OC(=O)CCCCC. The van der Waals surface area contributed by atoms with Crippen LogP contribution in [0.1, 0.15) is 111 Å². The average Bonchev–Trinajstić information content (AvgIpc) is 2.90. The number of unbranched alkanes of at least 4 members (excludes halogenated alkanes) is 4. The van der Waals surface area contributed by atoms with Gasteiger partial charge in [0.25, 0.3) is 0 Å². The van der Waals surface area contributed by atoms with E-state index in [1.165, 1.54) is 6.07 Å². The lowest BCUT2D eigenvalue weighted by Crippen LogP contribution is -2.39. The third kappa shape index (κ3) is 14.9. The second-order valence-electron chi connectivity index (χ2n) is 10.4. The van der Waals surface area contributed by atoms with Crippen LogP contribution in [0.5, 0.6) is 11.5 Å². The van der Waals surface area contributed by atoms with Gasteiger partial charge in [-0.05, 0) is 64.2 Å². The summed E-state index contributed by atoms with van der Waals surface area (Å²) in [5.74, 6) is -1.31. The molecule has 1 aromatic carbocycles. The normalized spacial score (nSPS) is 13.8. The number of carbonyl (C=O) groups excluding carboxylic acids is 4. The summed E-state index contributed by atoms with van der Waals surface area (Å²) < 4.78 is 26.8. The fraction of sp³-hybridized carbons (Fsp3) is 0.677. The van der Waals surface area contributed by atoms with Crippen molar-refractivity contribution in [2.75, 3.05) is 0 Å². The van der Waals surface area contributed by atoms with Gasteiger partial charge in [-0.2, -0.15) is 0 Å². The highest BCUT2D eigenvalue weighted by molar-refractivity contribution is 5.77. The van der Waals surface area contributed by atoms with Gasteiger partial charge < -0.3 is 29.4 Å². The Bertz CT molecular complexity index is 965. The zero-order valence-electron chi connectivity index (χ0n) is 25.6. The van der Waals surface area contributed by atoms with Crippen LogP contribution in [0.15, 0.2) is 18.2 Å². The Morgan fingerprint density at radius 2 is 1.29 bits per heavy atom. The molecule has 10 heteroatoms. The number of benzene rings is 1. The van der Waals surface area contributed by atoms with Crippen LogP contribution >= 0.6 is 0 Å². The lowest BCUT2D eigenvalue weighted by Gasteiger charge is -2.23. The summed E-state index contributed by atoms with van der Waals surface area (Å²) in [6.45, 7) is 11.0. The summed E-state index contributed by atoms with van der Waals surface area (Å²) in [6, 6.07) is 3.68. The standard InChI is InChI=1S/C31H49NO9/c1-7-10-12-15-28(33)40-26-18-17-24(20-27(26)41-29(34)16-13-11-8-2)19-25(32)30(35)38-22(5)23(6)39-31(36)37-21(4)14-9-3/h17-18,20-23,25H,7-16,19,32H2,1-6H3/t21?,22-,23-,25-/m0/s1. The van der Waals surface area contributed by atoms with Crippen LogP contribution in [-0.4, -0.2) is 48.4 Å². The minimum Gasteiger partial charge on any atom is -0.458 e. The predicted octanol–water partition coefficient (Wildman–Crippen LogP) is 6.19. The third-order valence-corrected chi connectivity index (χ3v) is 6.42. The van der Waals surface area contributed by atoms with Crippen molar-refractivity contribution in [3.05, 3.63) is 23.8 Å². The predicted molar refractivity (Wildman–Crippen MR) is 155 cm³/mol. The van der Waals surface area contributed by atoms with Crippen molar-refractivity contribution in [3.8, 4) is 11.5 Å². The van der Waals surface area contributed by atoms with E-state index in [2.05, 4.69) is 0 Å². The minimum atomic E-state index is -1.04. The van der Waals surface area contributed by atoms with Crippen molar-refractivity contribution in [3.63, 3.8) is 0 Å². The maximum absolute atomic E-state index is 12.7. The fourth-order valence-electron chi connectivity index (χ4n) is 3.84. The highest BCUT2D eigenvalue weighted by atomic mass is 16.7. The fourth-order valence-corrected chi connectivity index (χ4v) is 3.84. The van der Waals surface area contributed by atoms with Crippen LogP contribution in [0.3, 0.4) is 0 Å². The molecule has 0 fully saturated rings. The van der Waals surface area contributed by atoms with Crippen molar-refractivity contribution >= 4 is 24.1 Å². The van der Waals surface area contributed by atoms with Gasteiger partial charge in [0, 0.05) is 12.8 Å². The number of nitrogens with two attached hydrogens (primary N) is 1. The zero-order chi connectivity index (χ0) is 30.8. The molecule has 232 valence electrons. The molecular formula is C31H49NO9. The Kier molecular flexibility index (Phi) is 17.4. The second kappa shape index (κ2) is 19.9. The topological polar surface area (TPSA) is 140 Å². The molecule has 0 spiro atoms. The maximum atomic E-state index is 12.7. The number of rotatable bonds is 19. The van der Waals surface area contributed by atoms with Crippen molar-refractivity contribution < 1.29 is 42.9 Å². The van der Waals surface area contributed by atoms with E-state index in [-0.39, 0.29) is 36.9 Å². The summed E-state index contributed by atoms with van der Waals surface area (Å²) in [5, 5.41) is 0. The molecule has 0 bridgehead atoms. The molecule has 0 heterocycles. The first-order valence-electron chi connectivity index (χ1n) is 14.9. The average molecular weight is 580 g/mol. The molecule has 0 amide bonds. The van der Waals surface area contributed by atoms with Gasteiger partial charge in [0.05, 0.1) is 0 Å². The van der Waals surface area contributed by atoms with Crippen molar-refractivity contribution in [1.29, 1.82) is 0 Å². The van der Waals surface area contributed by atoms with Crippen LogP contribution in [0.4, 0.5) is 4.79 Å². The van der Waals surface area contributed by atoms with E-state index in [1.54, 1.807) is 32.9 Å². The van der Waals surface area contributed by atoms with Gasteiger partial charge in [0.15, 0.2) is 11.5 Å². The smallest absolute Gasteiger partial charge is 0.458 e. The summed E-state index contributed by atoms with van der Waals surface area (Å²) in [5.41, 5.74) is 6.70. The molecule has 0 aliphatic heterocycles. The Morgan fingerprint density at radius 3 is 1.85 bits per heavy atom. The van der Waals surface area contributed by atoms with Crippen LogP contribution in [0, 0.1) is 0 Å². The number of carbonyl (C=O) groups is 4. The Labute approximate surface area is 244 Å². The van der Waals surface area contributed by atoms with Gasteiger partial charge >= 0.3 is 24.1 Å². The van der Waals surface area contributed by atoms with E-state index in [4.69, 9.17) is 29.4 Å². The molecule has 41 heavy (non-hydrogen) atoms. The van der Waals surface area contributed by atoms with E-state index >= 15 is 0 Å². The van der Waals surface area contributed by atoms with Gasteiger partial charge in [0.2, 0.25) is 0 Å². The maximum Gasteiger partial charge on any atom is 0.508 e. The highest BCUT2D eigenvalue weighted by Crippen LogP contribution is 2.30. The summed E-state index contributed by atoms with van der Waals surface area (Å²) in [6.07, 6.45) is 4.65. The summed E-state index contributed by atoms with van der Waals surface area (Å²) >= 11 is 0. The molecule has 4 atom stereocenters. The van der Waals surface area contributed by atoms with Gasteiger partial charge in [-0.3, -0.25) is 14.4 Å². The molecule has 0 saturated heterocycles. The largest absolute Gasteiger partial charge is 0.508 e. The molecule has 1 rings (SSSR count). The first kappa shape index (κ1) is 35.9. The summed E-state index contributed by atoms with van der Waals surface area (Å²) in [4.78, 5) is 49.4. The van der Waals surface area contributed by atoms with Crippen molar-refractivity contribution in [2.45, 2.75) is 137 Å². The number of esters is 3. The van der Waals surface area contributed by atoms with E-state index < -0.39 is 42.3 Å². The Morgan fingerprint density at radius 1 is 0.732 bits per heavy atom. The molecule has 1 unspecified atom stereocenters. The Balaban J connectivity index is 2.85. The number of hydrogen-bond donors (Lipinski definition) is 1. The second-order valence-corrected chi connectivity index (χ2v) is 10.4. The molecule has 0 aromatic heterocycles. The third-order valence-electron chi connectivity index (χ3n) is 6.42. The first-order valence-corrected chi connectivity index (χ1v) is 14.9. The lowest BCUT2D eigenvalue weighted by molar-refractivity contribution is -0.155. The Hall–Kier alpha value is -3.14. The monoisotopic (exact) mass is 579 g/mol. The van der Waals surface area contributed by atoms with Crippen LogP contribution in [0.25, 0.3) is 0 Å². The van der Waals surface area contributed by atoms with Gasteiger partial charge in [-0.15, -0.1) is 0 Å². The van der Waals surface area contributed by atoms with Crippen molar-refractivity contribution in [1.82, 2.24) is 0 Å². The van der Waals surface area contributed by atoms with Crippen LogP contribution < -0.4 is 15.2 Å². The first-order chi connectivity index (χ1) is 19.5. The van der Waals surface area contributed by atoms with E-state index in [0.29, 0.717) is 24.8 Å². The number of hydrogen-bond acceptors (Lipinski definition) is 10. The zero-order valence-corrected chi connectivity index (χ0v) is 25.6.